The number of carbonyl (C=O) groups excluding carboxylic acids is 1. The lowest BCUT2D eigenvalue weighted by atomic mass is 9.85. The van der Waals surface area contributed by atoms with Gasteiger partial charge in [0.25, 0.3) is 0 Å². The quantitative estimate of drug-likeness (QED) is 0.654. The van der Waals surface area contributed by atoms with Crippen molar-refractivity contribution in [1.82, 2.24) is 0 Å². The third-order valence-corrected chi connectivity index (χ3v) is 5.47. The second-order valence-corrected chi connectivity index (χ2v) is 7.42. The molecule has 4 heteroatoms. The lowest BCUT2D eigenvalue weighted by Crippen LogP contribution is -2.30. The highest BCUT2D eigenvalue weighted by Crippen LogP contribution is 2.34. The fraction of sp³-hybridized carbons (Fsp3) is 0.480. The summed E-state index contributed by atoms with van der Waals surface area (Å²) in [7, 11) is 1.50. The molecule has 0 heterocycles. The molecule has 0 spiro atoms. The van der Waals surface area contributed by atoms with Crippen LogP contribution in [0, 0.1) is 5.92 Å². The second-order valence-electron chi connectivity index (χ2n) is 7.42. The van der Waals surface area contributed by atoms with Crippen LogP contribution in [0.25, 0.3) is 0 Å². The van der Waals surface area contributed by atoms with Crippen molar-refractivity contribution in [2.24, 2.45) is 17.4 Å². The summed E-state index contributed by atoms with van der Waals surface area (Å²) in [6.45, 7) is 9.49. The van der Waals surface area contributed by atoms with E-state index in [9.17, 15) is 4.79 Å². The van der Waals surface area contributed by atoms with Gasteiger partial charge in [-0.15, -0.1) is 0 Å². The van der Waals surface area contributed by atoms with Gasteiger partial charge in [-0.25, -0.2) is 0 Å². The van der Waals surface area contributed by atoms with Crippen LogP contribution in [-0.4, -0.2) is 26.0 Å². The third kappa shape index (κ3) is 6.98. The van der Waals surface area contributed by atoms with Gasteiger partial charge in [0.2, 0.25) is 5.91 Å². The van der Waals surface area contributed by atoms with Crippen molar-refractivity contribution in [3.05, 3.63) is 65.2 Å². The van der Waals surface area contributed by atoms with E-state index < -0.39 is 0 Å². The maximum atomic E-state index is 12.2. The van der Waals surface area contributed by atoms with Crippen LogP contribution in [-0.2, 0) is 17.6 Å². The molecule has 0 bridgehead atoms. The maximum absolute atomic E-state index is 12.2. The molecule has 0 aliphatic heterocycles. The van der Waals surface area contributed by atoms with Gasteiger partial charge in [-0.3, -0.25) is 4.79 Å². The Hall–Kier alpha value is -2.17. The van der Waals surface area contributed by atoms with Gasteiger partial charge in [-0.1, -0.05) is 56.3 Å². The summed E-state index contributed by atoms with van der Waals surface area (Å²) in [5.41, 5.74) is 15.7. The van der Waals surface area contributed by atoms with Gasteiger partial charge in [-0.05, 0) is 74.4 Å². The molecule has 2 atom stereocenters. The zero-order valence-corrected chi connectivity index (χ0v) is 18.8. The van der Waals surface area contributed by atoms with Crippen LogP contribution >= 0.6 is 0 Å². The summed E-state index contributed by atoms with van der Waals surface area (Å²) in [6.07, 6.45) is 2.96. The topological polar surface area (TPSA) is 72.3 Å². The highest BCUT2D eigenvalue weighted by Gasteiger charge is 2.21. The van der Waals surface area contributed by atoms with E-state index >= 15 is 0 Å². The largest absolute Gasteiger partial charge is 0.333 e. The first kappa shape index (κ1) is 24.9. The summed E-state index contributed by atoms with van der Waals surface area (Å²) in [4.78, 5) is 14.1. The maximum Gasteiger partial charge on any atom is 0.223 e. The molecule has 0 fully saturated rings. The Morgan fingerprint density at radius 1 is 1.00 bits per heavy atom. The highest BCUT2D eigenvalue weighted by molar-refractivity contribution is 5.92. The minimum absolute atomic E-state index is 0.0962. The molecule has 0 saturated carbocycles. The minimum Gasteiger partial charge on any atom is -0.333 e. The predicted octanol–water partition coefficient (Wildman–Crippen LogP) is 4.51. The molecule has 2 aromatic rings. The first-order chi connectivity index (χ1) is 14.0. The number of nitrogens with two attached hydrogens (primary N) is 2. The second kappa shape index (κ2) is 13.1. The molecule has 1 amide bonds. The van der Waals surface area contributed by atoms with E-state index in [1.54, 1.807) is 6.92 Å². The Labute approximate surface area is 177 Å². The number of nitrogens with zero attached hydrogens (tertiary/aromatic N) is 1. The van der Waals surface area contributed by atoms with E-state index in [1.807, 2.05) is 17.9 Å². The van der Waals surface area contributed by atoms with E-state index in [2.05, 4.69) is 62.0 Å². The van der Waals surface area contributed by atoms with Crippen molar-refractivity contribution in [3.63, 3.8) is 0 Å². The lowest BCUT2D eigenvalue weighted by molar-refractivity contribution is -0.116. The molecule has 2 rings (SSSR count). The minimum atomic E-state index is 0.0962. The normalized spacial score (nSPS) is 12.5. The Morgan fingerprint density at radius 3 is 2.17 bits per heavy atom. The molecular formula is C25H39N3O. The van der Waals surface area contributed by atoms with Crippen molar-refractivity contribution < 1.29 is 4.79 Å². The Kier molecular flexibility index (Phi) is 11.3. The standard InChI is InChI=1S/C24H34N2O.CH5N/c1-5-18(3)24-22(13-10-14-23(24)26(6-2)19(4)27)16-21(17-25)15-20-11-8-7-9-12-20;1-2/h7-14,18,21H,5-6,15-17,25H2,1-4H3;2H2,1H3/t18-,21?;/m1./s1. The molecule has 4 nitrogen and oxygen atoms in total. The van der Waals surface area contributed by atoms with E-state index in [0.717, 1.165) is 24.9 Å². The van der Waals surface area contributed by atoms with E-state index in [0.29, 0.717) is 24.9 Å². The smallest absolute Gasteiger partial charge is 0.223 e. The molecule has 0 aliphatic rings. The highest BCUT2D eigenvalue weighted by atomic mass is 16.2. The number of benzene rings is 2. The third-order valence-electron chi connectivity index (χ3n) is 5.47. The predicted molar refractivity (Wildman–Crippen MR) is 125 cm³/mol. The fourth-order valence-electron chi connectivity index (χ4n) is 3.85. The number of hydrogen-bond acceptors (Lipinski definition) is 3. The lowest BCUT2D eigenvalue weighted by Gasteiger charge is -2.28. The van der Waals surface area contributed by atoms with Gasteiger partial charge >= 0.3 is 0 Å². The van der Waals surface area contributed by atoms with Crippen LogP contribution in [0.1, 0.15) is 56.7 Å². The van der Waals surface area contributed by atoms with Crippen LogP contribution in [0.5, 0.6) is 0 Å². The van der Waals surface area contributed by atoms with Crippen LogP contribution in [0.4, 0.5) is 5.69 Å². The molecular weight excluding hydrogens is 358 g/mol. The van der Waals surface area contributed by atoms with E-state index in [1.165, 1.54) is 23.7 Å². The molecule has 0 aliphatic carbocycles. The molecule has 0 aromatic heterocycles. The van der Waals surface area contributed by atoms with Gasteiger partial charge in [0.05, 0.1) is 0 Å². The summed E-state index contributed by atoms with van der Waals surface area (Å²) in [5.74, 6) is 0.886. The van der Waals surface area contributed by atoms with E-state index in [-0.39, 0.29) is 5.91 Å². The molecule has 0 saturated heterocycles. The number of anilines is 1. The van der Waals surface area contributed by atoms with Gasteiger partial charge in [0.15, 0.2) is 0 Å². The van der Waals surface area contributed by atoms with Crippen LogP contribution < -0.4 is 16.4 Å². The number of hydrogen-bond donors (Lipinski definition) is 2. The fourth-order valence-corrected chi connectivity index (χ4v) is 3.85. The monoisotopic (exact) mass is 397 g/mol. The number of carbonyl (C=O) groups is 1. The molecule has 0 radical (unpaired) electrons. The van der Waals surface area contributed by atoms with Crippen LogP contribution in [0.15, 0.2) is 48.5 Å². The first-order valence-electron chi connectivity index (χ1n) is 10.7. The van der Waals surface area contributed by atoms with Crippen molar-refractivity contribution in [1.29, 1.82) is 0 Å². The summed E-state index contributed by atoms with van der Waals surface area (Å²) in [5, 5.41) is 0. The van der Waals surface area contributed by atoms with Crippen LogP contribution in [0.2, 0.25) is 0 Å². The summed E-state index contributed by atoms with van der Waals surface area (Å²) in [6, 6.07) is 16.9. The number of rotatable bonds is 9. The summed E-state index contributed by atoms with van der Waals surface area (Å²) < 4.78 is 0. The van der Waals surface area contributed by atoms with Gasteiger partial charge < -0.3 is 16.4 Å². The van der Waals surface area contributed by atoms with Crippen molar-refractivity contribution >= 4 is 11.6 Å². The zero-order valence-electron chi connectivity index (χ0n) is 18.8. The molecule has 4 N–H and O–H groups in total. The average Bonchev–Trinajstić information content (AvgIpc) is 2.75. The Morgan fingerprint density at radius 2 is 1.66 bits per heavy atom. The molecule has 29 heavy (non-hydrogen) atoms. The average molecular weight is 398 g/mol. The Bertz CT molecular complexity index is 730. The Balaban J connectivity index is 0.00000204. The van der Waals surface area contributed by atoms with Crippen molar-refractivity contribution in [2.75, 3.05) is 25.0 Å². The SMILES string of the molecule is CC[C@@H](C)c1c(CC(CN)Cc2ccccc2)cccc1N(CC)C(C)=O.CN. The van der Waals surface area contributed by atoms with Crippen LogP contribution in [0.3, 0.4) is 0 Å². The molecule has 1 unspecified atom stereocenters. The van der Waals surface area contributed by atoms with Gasteiger partial charge in [-0.2, -0.15) is 0 Å². The van der Waals surface area contributed by atoms with Crippen molar-refractivity contribution in [2.45, 2.75) is 52.9 Å². The zero-order chi connectivity index (χ0) is 21.8. The first-order valence-corrected chi connectivity index (χ1v) is 10.7. The summed E-state index contributed by atoms with van der Waals surface area (Å²) >= 11 is 0. The number of amides is 1. The van der Waals surface area contributed by atoms with Gasteiger partial charge in [0.1, 0.15) is 0 Å². The molecule has 2 aromatic carbocycles. The van der Waals surface area contributed by atoms with Gasteiger partial charge in [0, 0.05) is 19.2 Å². The van der Waals surface area contributed by atoms with Crippen molar-refractivity contribution in [3.8, 4) is 0 Å². The van der Waals surface area contributed by atoms with E-state index in [4.69, 9.17) is 5.73 Å². The molecule has 160 valence electrons.